The molecule has 1 saturated carbocycles. The van der Waals surface area contributed by atoms with Gasteiger partial charge in [0.15, 0.2) is 0 Å². The van der Waals surface area contributed by atoms with Gasteiger partial charge in [-0.05, 0) is 30.4 Å². The molecule has 0 spiro atoms. The van der Waals surface area contributed by atoms with Crippen molar-refractivity contribution in [3.05, 3.63) is 30.3 Å². The van der Waals surface area contributed by atoms with E-state index in [1.807, 2.05) is 42.3 Å². The predicted molar refractivity (Wildman–Crippen MR) is 83.8 cm³/mol. The van der Waals surface area contributed by atoms with E-state index in [9.17, 15) is 4.79 Å². The van der Waals surface area contributed by atoms with Crippen LogP contribution in [0.25, 0.3) is 0 Å². The Morgan fingerprint density at radius 1 is 1.25 bits per heavy atom. The van der Waals surface area contributed by atoms with Crippen LogP contribution in [0.2, 0.25) is 0 Å². The number of nitrogens with zero attached hydrogens (tertiary/aromatic N) is 1. The number of hydrogen-bond donors (Lipinski definition) is 1. The van der Waals surface area contributed by atoms with Gasteiger partial charge in [0.05, 0.1) is 6.54 Å². The summed E-state index contributed by atoms with van der Waals surface area (Å²) in [4.78, 5) is 14.2. The minimum absolute atomic E-state index is 0.127. The quantitative estimate of drug-likeness (QED) is 0.915. The fourth-order valence-electron chi connectivity index (χ4n) is 3.03. The zero-order chi connectivity index (χ0) is 14.5. The van der Waals surface area contributed by atoms with E-state index >= 15 is 0 Å². The third-order valence-corrected chi connectivity index (χ3v) is 4.63. The summed E-state index contributed by atoms with van der Waals surface area (Å²) in [6.07, 6.45) is 3.63. The summed E-state index contributed by atoms with van der Waals surface area (Å²) >= 11 is 0. The number of rotatable bonds is 4. The maximum atomic E-state index is 12.2. The van der Waals surface area contributed by atoms with Crippen LogP contribution in [0.15, 0.2) is 30.3 Å². The molecule has 110 valence electrons. The molecule has 1 aliphatic carbocycles. The highest BCUT2D eigenvalue weighted by atomic mass is 16.2. The van der Waals surface area contributed by atoms with E-state index in [-0.39, 0.29) is 5.91 Å². The predicted octanol–water partition coefficient (Wildman–Crippen LogP) is 3.06. The molecule has 0 heterocycles. The first-order valence-corrected chi connectivity index (χ1v) is 7.63. The Labute approximate surface area is 122 Å². The van der Waals surface area contributed by atoms with Gasteiger partial charge in [0.25, 0.3) is 0 Å². The number of carbonyl (C=O) groups excluding carboxylic acids is 1. The summed E-state index contributed by atoms with van der Waals surface area (Å²) < 4.78 is 0. The molecule has 1 aromatic rings. The molecular formula is C17H26N2O. The maximum Gasteiger partial charge on any atom is 0.239 e. The molecule has 0 radical (unpaired) electrons. The molecule has 1 N–H and O–H groups in total. The smallest absolute Gasteiger partial charge is 0.239 e. The van der Waals surface area contributed by atoms with Gasteiger partial charge in [0.2, 0.25) is 5.91 Å². The Balaban J connectivity index is 1.86. The Morgan fingerprint density at radius 2 is 1.95 bits per heavy atom. The molecule has 3 heteroatoms. The number of anilines is 1. The van der Waals surface area contributed by atoms with E-state index in [1.54, 1.807) is 0 Å². The van der Waals surface area contributed by atoms with Crippen LogP contribution in [0.5, 0.6) is 0 Å². The van der Waals surface area contributed by atoms with Crippen molar-refractivity contribution in [1.29, 1.82) is 0 Å². The number of benzene rings is 1. The minimum atomic E-state index is 0.127. The van der Waals surface area contributed by atoms with Crippen LogP contribution >= 0.6 is 0 Å². The number of carbonyl (C=O) groups is 1. The van der Waals surface area contributed by atoms with E-state index in [0.717, 1.165) is 12.1 Å². The second-order valence-electron chi connectivity index (χ2n) is 6.13. The molecule has 1 aliphatic rings. The van der Waals surface area contributed by atoms with Crippen LogP contribution in [-0.2, 0) is 4.79 Å². The first kappa shape index (κ1) is 14.9. The van der Waals surface area contributed by atoms with Gasteiger partial charge in [0, 0.05) is 18.8 Å². The molecule has 3 atom stereocenters. The van der Waals surface area contributed by atoms with Crippen LogP contribution in [0.1, 0.15) is 33.1 Å². The molecule has 0 aromatic heterocycles. The Hall–Kier alpha value is -1.51. The lowest BCUT2D eigenvalue weighted by molar-refractivity contribution is -0.121. The molecule has 1 aromatic carbocycles. The van der Waals surface area contributed by atoms with Crippen molar-refractivity contribution in [3.63, 3.8) is 0 Å². The summed E-state index contributed by atoms with van der Waals surface area (Å²) in [5.41, 5.74) is 1.08. The standard InChI is InChI=1S/C17H26N2O/c1-13-8-7-11-16(14(13)2)18-17(20)12-19(3)15-9-5-4-6-10-15/h4-6,9-10,13-14,16H,7-8,11-12H2,1-3H3,(H,18,20)/t13-,14+,16-/m0/s1. The van der Waals surface area contributed by atoms with Gasteiger partial charge < -0.3 is 10.2 Å². The topological polar surface area (TPSA) is 32.3 Å². The SMILES string of the molecule is C[C@H]1[C@@H](NC(=O)CN(C)c2ccccc2)CCC[C@@H]1C. The fraction of sp³-hybridized carbons (Fsp3) is 0.588. The molecule has 0 saturated heterocycles. The van der Waals surface area contributed by atoms with Gasteiger partial charge in [0.1, 0.15) is 0 Å². The lowest BCUT2D eigenvalue weighted by Gasteiger charge is -2.35. The molecule has 2 rings (SSSR count). The largest absolute Gasteiger partial charge is 0.365 e. The maximum absolute atomic E-state index is 12.2. The normalized spacial score (nSPS) is 26.1. The third-order valence-electron chi connectivity index (χ3n) is 4.63. The number of nitrogens with one attached hydrogen (secondary N) is 1. The molecular weight excluding hydrogens is 248 g/mol. The third kappa shape index (κ3) is 3.75. The van der Waals surface area contributed by atoms with Crippen molar-refractivity contribution in [3.8, 4) is 0 Å². The molecule has 1 fully saturated rings. The van der Waals surface area contributed by atoms with Crippen molar-refractivity contribution in [2.75, 3.05) is 18.5 Å². The van der Waals surface area contributed by atoms with Crippen LogP contribution in [-0.4, -0.2) is 25.5 Å². The van der Waals surface area contributed by atoms with E-state index in [1.165, 1.54) is 12.8 Å². The molecule has 0 aliphatic heterocycles. The molecule has 20 heavy (non-hydrogen) atoms. The van der Waals surface area contributed by atoms with Gasteiger partial charge in [-0.3, -0.25) is 4.79 Å². The summed E-state index contributed by atoms with van der Waals surface area (Å²) in [7, 11) is 1.96. The fourth-order valence-corrected chi connectivity index (χ4v) is 3.03. The van der Waals surface area contributed by atoms with Gasteiger partial charge >= 0.3 is 0 Å². The minimum Gasteiger partial charge on any atom is -0.365 e. The van der Waals surface area contributed by atoms with Crippen molar-refractivity contribution >= 4 is 11.6 Å². The van der Waals surface area contributed by atoms with Crippen LogP contribution in [0.3, 0.4) is 0 Å². The number of hydrogen-bond acceptors (Lipinski definition) is 2. The van der Waals surface area contributed by atoms with Gasteiger partial charge in [-0.15, -0.1) is 0 Å². The Morgan fingerprint density at radius 3 is 2.65 bits per heavy atom. The van der Waals surface area contributed by atoms with E-state index in [0.29, 0.717) is 24.4 Å². The Kier molecular flexibility index (Phi) is 5.05. The van der Waals surface area contributed by atoms with Gasteiger partial charge in [-0.2, -0.15) is 0 Å². The first-order valence-electron chi connectivity index (χ1n) is 7.63. The molecule has 0 unspecified atom stereocenters. The molecule has 3 nitrogen and oxygen atoms in total. The monoisotopic (exact) mass is 274 g/mol. The van der Waals surface area contributed by atoms with Crippen LogP contribution in [0, 0.1) is 11.8 Å². The van der Waals surface area contributed by atoms with Gasteiger partial charge in [-0.25, -0.2) is 0 Å². The number of likely N-dealkylation sites (N-methyl/N-ethyl adjacent to an activating group) is 1. The van der Waals surface area contributed by atoms with E-state index in [2.05, 4.69) is 19.2 Å². The molecule has 1 amide bonds. The highest BCUT2D eigenvalue weighted by Crippen LogP contribution is 2.29. The lowest BCUT2D eigenvalue weighted by Crippen LogP contribution is -2.46. The number of amides is 1. The number of para-hydroxylation sites is 1. The second-order valence-corrected chi connectivity index (χ2v) is 6.13. The summed E-state index contributed by atoms with van der Waals surface area (Å²) in [5, 5.41) is 3.22. The van der Waals surface area contributed by atoms with Crippen molar-refractivity contribution in [1.82, 2.24) is 5.32 Å². The highest BCUT2D eigenvalue weighted by Gasteiger charge is 2.28. The van der Waals surface area contributed by atoms with Crippen molar-refractivity contribution < 1.29 is 4.79 Å². The average Bonchev–Trinajstić information content (AvgIpc) is 2.45. The zero-order valence-corrected chi connectivity index (χ0v) is 12.8. The van der Waals surface area contributed by atoms with Crippen molar-refractivity contribution in [2.24, 2.45) is 11.8 Å². The summed E-state index contributed by atoms with van der Waals surface area (Å²) in [6.45, 7) is 4.97. The molecule has 0 bridgehead atoms. The van der Waals surface area contributed by atoms with Crippen molar-refractivity contribution in [2.45, 2.75) is 39.2 Å². The van der Waals surface area contributed by atoms with Crippen LogP contribution in [0.4, 0.5) is 5.69 Å². The summed E-state index contributed by atoms with van der Waals surface area (Å²) in [5.74, 6) is 1.41. The second kappa shape index (κ2) is 6.78. The lowest BCUT2D eigenvalue weighted by atomic mass is 9.78. The average molecular weight is 274 g/mol. The van der Waals surface area contributed by atoms with Gasteiger partial charge in [-0.1, -0.05) is 44.9 Å². The summed E-state index contributed by atoms with van der Waals surface area (Å²) in [6, 6.07) is 10.4. The zero-order valence-electron chi connectivity index (χ0n) is 12.8. The first-order chi connectivity index (χ1) is 9.58. The van der Waals surface area contributed by atoms with E-state index in [4.69, 9.17) is 0 Å². The Bertz CT molecular complexity index is 432. The highest BCUT2D eigenvalue weighted by molar-refractivity contribution is 5.81. The van der Waals surface area contributed by atoms with Crippen LogP contribution < -0.4 is 10.2 Å². The van der Waals surface area contributed by atoms with E-state index < -0.39 is 0 Å².